The second kappa shape index (κ2) is 6.67. The summed E-state index contributed by atoms with van der Waals surface area (Å²) in [6.07, 6.45) is 2.46. The lowest BCUT2D eigenvalue weighted by molar-refractivity contribution is 0.103. The molecular formula is C17H16N2O3. The van der Waals surface area contributed by atoms with Crippen molar-refractivity contribution in [2.75, 3.05) is 0 Å². The van der Waals surface area contributed by atoms with E-state index in [2.05, 4.69) is 10.3 Å². The summed E-state index contributed by atoms with van der Waals surface area (Å²) in [5, 5.41) is 23.6. The van der Waals surface area contributed by atoms with E-state index in [1.165, 1.54) is 12.4 Å². The standard InChI is InChI=1S/C17H16N2O3/c1-11-3-5-15(13(7-11)9-18-21)17(20)16-6-4-12(2)8-14(16)10-19-22/h3-10,21-22H,1-2H3/b18-9+,19-10+. The van der Waals surface area contributed by atoms with E-state index in [4.69, 9.17) is 10.4 Å². The average Bonchev–Trinajstić information content (AvgIpc) is 2.48. The smallest absolute Gasteiger partial charge is 0.194 e. The summed E-state index contributed by atoms with van der Waals surface area (Å²) < 4.78 is 0. The van der Waals surface area contributed by atoms with Gasteiger partial charge in [0.05, 0.1) is 12.4 Å². The molecule has 0 heterocycles. The molecule has 0 aliphatic heterocycles. The van der Waals surface area contributed by atoms with Crippen molar-refractivity contribution >= 4 is 18.2 Å². The molecule has 0 saturated heterocycles. The molecule has 0 aromatic heterocycles. The van der Waals surface area contributed by atoms with Crippen LogP contribution in [0.15, 0.2) is 46.7 Å². The molecule has 2 aromatic rings. The van der Waals surface area contributed by atoms with Crippen molar-refractivity contribution in [2.24, 2.45) is 10.3 Å². The second-order valence-electron chi connectivity index (χ2n) is 5.00. The Morgan fingerprint density at radius 3 is 1.64 bits per heavy atom. The van der Waals surface area contributed by atoms with E-state index in [9.17, 15) is 4.79 Å². The van der Waals surface area contributed by atoms with E-state index in [1.54, 1.807) is 24.3 Å². The zero-order chi connectivity index (χ0) is 16.1. The Labute approximate surface area is 128 Å². The highest BCUT2D eigenvalue weighted by Crippen LogP contribution is 2.19. The average molecular weight is 296 g/mol. The van der Waals surface area contributed by atoms with Gasteiger partial charge in [-0.1, -0.05) is 45.7 Å². The van der Waals surface area contributed by atoms with Gasteiger partial charge >= 0.3 is 0 Å². The van der Waals surface area contributed by atoms with Gasteiger partial charge in [-0.3, -0.25) is 4.79 Å². The summed E-state index contributed by atoms with van der Waals surface area (Å²) in [7, 11) is 0. The maximum atomic E-state index is 12.8. The molecule has 0 unspecified atom stereocenters. The topological polar surface area (TPSA) is 82.2 Å². The zero-order valence-electron chi connectivity index (χ0n) is 12.3. The van der Waals surface area contributed by atoms with E-state index in [1.807, 2.05) is 26.0 Å². The first-order valence-electron chi connectivity index (χ1n) is 6.67. The van der Waals surface area contributed by atoms with Crippen molar-refractivity contribution in [3.05, 3.63) is 69.8 Å². The number of nitrogens with zero attached hydrogens (tertiary/aromatic N) is 2. The number of benzene rings is 2. The van der Waals surface area contributed by atoms with Crippen molar-refractivity contribution < 1.29 is 15.2 Å². The van der Waals surface area contributed by atoms with Crippen molar-refractivity contribution in [2.45, 2.75) is 13.8 Å². The monoisotopic (exact) mass is 296 g/mol. The van der Waals surface area contributed by atoms with Crippen LogP contribution in [-0.2, 0) is 0 Å². The number of aryl methyl sites for hydroxylation is 2. The normalized spacial score (nSPS) is 11.4. The number of hydrogen-bond acceptors (Lipinski definition) is 5. The van der Waals surface area contributed by atoms with Crippen LogP contribution in [0.2, 0.25) is 0 Å². The molecule has 22 heavy (non-hydrogen) atoms. The summed E-state index contributed by atoms with van der Waals surface area (Å²) in [5.41, 5.74) is 3.79. The van der Waals surface area contributed by atoms with Gasteiger partial charge in [-0.25, -0.2) is 0 Å². The molecule has 0 spiro atoms. The molecule has 0 aliphatic rings. The Morgan fingerprint density at radius 1 is 0.864 bits per heavy atom. The molecule has 2 N–H and O–H groups in total. The van der Waals surface area contributed by atoms with Gasteiger partial charge < -0.3 is 10.4 Å². The van der Waals surface area contributed by atoms with Gasteiger partial charge in [0.25, 0.3) is 0 Å². The van der Waals surface area contributed by atoms with Gasteiger partial charge in [0.1, 0.15) is 0 Å². The van der Waals surface area contributed by atoms with Crippen LogP contribution in [0.25, 0.3) is 0 Å². The SMILES string of the molecule is Cc1ccc(C(=O)c2ccc(C)cc2/C=N/O)c(/C=N/O)c1. The van der Waals surface area contributed by atoms with E-state index < -0.39 is 0 Å². The third-order valence-corrected chi connectivity index (χ3v) is 3.30. The molecule has 2 aromatic carbocycles. The van der Waals surface area contributed by atoms with Gasteiger partial charge in [0, 0.05) is 22.3 Å². The molecular weight excluding hydrogens is 280 g/mol. The highest BCUT2D eigenvalue weighted by molar-refractivity contribution is 6.16. The van der Waals surface area contributed by atoms with Crippen molar-refractivity contribution in [1.29, 1.82) is 0 Å². The fourth-order valence-corrected chi connectivity index (χ4v) is 2.26. The molecule has 2 rings (SSSR count). The Hall–Kier alpha value is -2.95. The first-order chi connectivity index (χ1) is 10.6. The predicted octanol–water partition coefficient (Wildman–Crippen LogP) is 3.15. The molecule has 112 valence electrons. The molecule has 0 atom stereocenters. The molecule has 0 fully saturated rings. The largest absolute Gasteiger partial charge is 0.411 e. The van der Waals surface area contributed by atoms with Gasteiger partial charge in [-0.05, 0) is 26.0 Å². The fourth-order valence-electron chi connectivity index (χ4n) is 2.26. The maximum Gasteiger partial charge on any atom is 0.194 e. The minimum atomic E-state index is -0.232. The van der Waals surface area contributed by atoms with E-state index in [0.717, 1.165) is 11.1 Å². The van der Waals surface area contributed by atoms with Gasteiger partial charge in [0.15, 0.2) is 5.78 Å². The molecule has 0 saturated carbocycles. The van der Waals surface area contributed by atoms with Crippen LogP contribution in [0, 0.1) is 13.8 Å². The Kier molecular flexibility index (Phi) is 4.68. The lowest BCUT2D eigenvalue weighted by Gasteiger charge is -2.09. The van der Waals surface area contributed by atoms with E-state index in [0.29, 0.717) is 22.3 Å². The third kappa shape index (κ3) is 3.20. The lowest BCUT2D eigenvalue weighted by Crippen LogP contribution is -2.09. The molecule has 5 heteroatoms. The third-order valence-electron chi connectivity index (χ3n) is 3.30. The van der Waals surface area contributed by atoms with Crippen LogP contribution in [0.3, 0.4) is 0 Å². The fraction of sp³-hybridized carbons (Fsp3) is 0.118. The Balaban J connectivity index is 2.58. The minimum Gasteiger partial charge on any atom is -0.411 e. The van der Waals surface area contributed by atoms with Crippen LogP contribution in [-0.4, -0.2) is 28.6 Å². The number of carbonyl (C=O) groups excluding carboxylic acids is 1. The summed E-state index contributed by atoms with van der Waals surface area (Å²) in [6.45, 7) is 3.78. The Bertz CT molecular complexity index is 701. The van der Waals surface area contributed by atoms with E-state index >= 15 is 0 Å². The van der Waals surface area contributed by atoms with Gasteiger partial charge in [0.2, 0.25) is 0 Å². The van der Waals surface area contributed by atoms with Gasteiger partial charge in [-0.15, -0.1) is 0 Å². The van der Waals surface area contributed by atoms with Crippen molar-refractivity contribution in [3.63, 3.8) is 0 Å². The first kappa shape index (κ1) is 15.4. The summed E-state index contributed by atoms with van der Waals surface area (Å²) in [6, 6.07) is 10.5. The van der Waals surface area contributed by atoms with Crippen LogP contribution in [0.4, 0.5) is 0 Å². The van der Waals surface area contributed by atoms with Crippen LogP contribution >= 0.6 is 0 Å². The molecule has 0 aliphatic carbocycles. The molecule has 0 bridgehead atoms. The number of hydrogen-bond donors (Lipinski definition) is 2. The molecule has 0 amide bonds. The molecule has 0 radical (unpaired) electrons. The number of carbonyl (C=O) groups is 1. The molecule has 5 nitrogen and oxygen atoms in total. The number of ketones is 1. The van der Waals surface area contributed by atoms with E-state index in [-0.39, 0.29) is 5.78 Å². The van der Waals surface area contributed by atoms with Crippen LogP contribution in [0.1, 0.15) is 38.2 Å². The van der Waals surface area contributed by atoms with Gasteiger partial charge in [-0.2, -0.15) is 0 Å². The van der Waals surface area contributed by atoms with Crippen molar-refractivity contribution in [1.82, 2.24) is 0 Å². The quantitative estimate of drug-likeness (QED) is 0.393. The highest BCUT2D eigenvalue weighted by atomic mass is 16.4. The van der Waals surface area contributed by atoms with Crippen LogP contribution < -0.4 is 0 Å². The zero-order valence-corrected chi connectivity index (χ0v) is 12.3. The second-order valence-corrected chi connectivity index (χ2v) is 5.00. The predicted molar refractivity (Wildman–Crippen MR) is 84.6 cm³/mol. The van der Waals surface area contributed by atoms with Crippen LogP contribution in [0.5, 0.6) is 0 Å². The number of rotatable bonds is 4. The summed E-state index contributed by atoms with van der Waals surface area (Å²) >= 11 is 0. The minimum absolute atomic E-state index is 0.232. The lowest BCUT2D eigenvalue weighted by atomic mass is 9.93. The highest BCUT2D eigenvalue weighted by Gasteiger charge is 2.16. The van der Waals surface area contributed by atoms with Crippen molar-refractivity contribution in [3.8, 4) is 0 Å². The number of oxime groups is 2. The first-order valence-corrected chi connectivity index (χ1v) is 6.67. The summed E-state index contributed by atoms with van der Waals surface area (Å²) in [4.78, 5) is 12.8. The Morgan fingerprint density at radius 2 is 1.27 bits per heavy atom. The summed E-state index contributed by atoms with van der Waals surface area (Å²) in [5.74, 6) is -0.232. The maximum absolute atomic E-state index is 12.8.